The molecular formula is C29H26Cl2N6O. The number of methoxy groups -OCH3 is 1. The number of ether oxygens (including phenoxy) is 1. The van der Waals surface area contributed by atoms with E-state index in [1.165, 1.54) is 5.56 Å². The van der Waals surface area contributed by atoms with Gasteiger partial charge in [-0.3, -0.25) is 9.47 Å². The van der Waals surface area contributed by atoms with E-state index in [0.717, 1.165) is 66.7 Å². The first kappa shape index (κ1) is 24.7. The van der Waals surface area contributed by atoms with Crippen molar-refractivity contribution in [2.45, 2.75) is 6.54 Å². The van der Waals surface area contributed by atoms with Crippen LogP contribution in [0.2, 0.25) is 10.0 Å². The highest BCUT2D eigenvalue weighted by Crippen LogP contribution is 2.35. The summed E-state index contributed by atoms with van der Waals surface area (Å²) in [5, 5.41) is 1.29. The molecule has 0 radical (unpaired) electrons. The molecule has 192 valence electrons. The van der Waals surface area contributed by atoms with E-state index in [9.17, 15) is 0 Å². The summed E-state index contributed by atoms with van der Waals surface area (Å²) in [6.45, 7) is 4.44. The Balaban J connectivity index is 1.33. The van der Waals surface area contributed by atoms with E-state index in [4.69, 9.17) is 32.9 Å². The molecule has 3 heterocycles. The number of hydrogen-bond acceptors (Lipinski definition) is 6. The fourth-order valence-electron chi connectivity index (χ4n) is 4.88. The van der Waals surface area contributed by atoms with Crippen molar-refractivity contribution in [3.05, 3.63) is 94.7 Å². The van der Waals surface area contributed by atoms with Crippen LogP contribution < -0.4 is 9.64 Å². The Bertz CT molecular complexity index is 1560. The van der Waals surface area contributed by atoms with Gasteiger partial charge in [0.25, 0.3) is 0 Å². The molecule has 9 heteroatoms. The molecule has 0 unspecified atom stereocenters. The van der Waals surface area contributed by atoms with Gasteiger partial charge in [0.15, 0.2) is 17.0 Å². The molecule has 0 bridgehead atoms. The molecule has 0 atom stereocenters. The van der Waals surface area contributed by atoms with Crippen molar-refractivity contribution in [1.82, 2.24) is 24.4 Å². The van der Waals surface area contributed by atoms with Crippen LogP contribution in [0.4, 0.5) is 5.82 Å². The quantitative estimate of drug-likeness (QED) is 0.256. The van der Waals surface area contributed by atoms with Gasteiger partial charge in [0.05, 0.1) is 12.1 Å². The summed E-state index contributed by atoms with van der Waals surface area (Å²) in [5.74, 6) is 2.42. The van der Waals surface area contributed by atoms with Crippen LogP contribution in [0.25, 0.3) is 28.2 Å². The molecule has 6 rings (SSSR count). The molecule has 0 spiro atoms. The third-order valence-corrected chi connectivity index (χ3v) is 7.44. The Morgan fingerprint density at radius 1 is 0.842 bits per heavy atom. The Morgan fingerprint density at radius 3 is 2.29 bits per heavy atom. The number of nitrogens with zero attached hydrogens (tertiary/aromatic N) is 6. The van der Waals surface area contributed by atoms with Crippen molar-refractivity contribution in [3.63, 3.8) is 0 Å². The maximum atomic E-state index is 6.63. The summed E-state index contributed by atoms with van der Waals surface area (Å²) >= 11 is 12.8. The van der Waals surface area contributed by atoms with Gasteiger partial charge in [0.2, 0.25) is 0 Å². The Morgan fingerprint density at radius 2 is 1.58 bits per heavy atom. The van der Waals surface area contributed by atoms with Gasteiger partial charge in [-0.2, -0.15) is 0 Å². The fraction of sp³-hybridized carbons (Fsp3) is 0.207. The number of fused-ring (bicyclic) bond motifs is 1. The van der Waals surface area contributed by atoms with Crippen LogP contribution in [-0.4, -0.2) is 57.7 Å². The SMILES string of the molecule is COc1ccc(CN2CCN(c3ncnc4c3nc(-c3ccccc3Cl)n4-c3ccc(Cl)cc3)CC2)cc1. The van der Waals surface area contributed by atoms with Gasteiger partial charge in [-0.1, -0.05) is 47.5 Å². The molecule has 1 saturated heterocycles. The molecule has 0 amide bonds. The molecule has 1 aliphatic rings. The van der Waals surface area contributed by atoms with Crippen LogP contribution in [0.1, 0.15) is 5.56 Å². The van der Waals surface area contributed by atoms with Crippen molar-refractivity contribution in [2.75, 3.05) is 38.2 Å². The molecule has 2 aromatic heterocycles. The highest BCUT2D eigenvalue weighted by molar-refractivity contribution is 6.33. The van der Waals surface area contributed by atoms with Gasteiger partial charge in [0, 0.05) is 49.0 Å². The van der Waals surface area contributed by atoms with Crippen molar-refractivity contribution in [1.29, 1.82) is 0 Å². The maximum absolute atomic E-state index is 6.63. The summed E-state index contributed by atoms with van der Waals surface area (Å²) < 4.78 is 7.31. The first-order valence-electron chi connectivity index (χ1n) is 12.5. The number of rotatable bonds is 6. The minimum Gasteiger partial charge on any atom is -0.497 e. The Hall–Kier alpha value is -3.65. The van der Waals surface area contributed by atoms with E-state index in [2.05, 4.69) is 31.9 Å². The summed E-state index contributed by atoms with van der Waals surface area (Å²) in [4.78, 5) is 19.2. The number of aromatic nitrogens is 4. The van der Waals surface area contributed by atoms with Crippen molar-refractivity contribution in [3.8, 4) is 22.8 Å². The molecule has 3 aromatic carbocycles. The molecule has 0 saturated carbocycles. The topological polar surface area (TPSA) is 59.3 Å². The van der Waals surface area contributed by atoms with Crippen LogP contribution >= 0.6 is 23.2 Å². The molecule has 7 nitrogen and oxygen atoms in total. The molecule has 5 aromatic rings. The van der Waals surface area contributed by atoms with Gasteiger partial charge in [-0.25, -0.2) is 15.0 Å². The van der Waals surface area contributed by atoms with Gasteiger partial charge >= 0.3 is 0 Å². The van der Waals surface area contributed by atoms with E-state index in [0.29, 0.717) is 15.9 Å². The summed E-state index contributed by atoms with van der Waals surface area (Å²) in [6.07, 6.45) is 1.62. The first-order chi connectivity index (χ1) is 18.6. The second-order valence-corrected chi connectivity index (χ2v) is 10.1. The largest absolute Gasteiger partial charge is 0.497 e. The van der Waals surface area contributed by atoms with E-state index in [1.54, 1.807) is 13.4 Å². The van der Waals surface area contributed by atoms with Gasteiger partial charge in [-0.05, 0) is 54.1 Å². The molecule has 0 aliphatic carbocycles. The first-order valence-corrected chi connectivity index (χ1v) is 13.2. The fourth-order valence-corrected chi connectivity index (χ4v) is 5.22. The van der Waals surface area contributed by atoms with Crippen molar-refractivity contribution in [2.24, 2.45) is 0 Å². The van der Waals surface area contributed by atoms with Crippen molar-refractivity contribution >= 4 is 40.2 Å². The second kappa shape index (κ2) is 10.6. The number of piperazine rings is 1. The second-order valence-electron chi connectivity index (χ2n) is 9.21. The van der Waals surface area contributed by atoms with Gasteiger partial charge in [-0.15, -0.1) is 0 Å². The molecule has 38 heavy (non-hydrogen) atoms. The summed E-state index contributed by atoms with van der Waals surface area (Å²) in [6, 6.07) is 23.6. The van der Waals surface area contributed by atoms with E-state index in [1.807, 2.05) is 65.2 Å². The van der Waals surface area contributed by atoms with Crippen LogP contribution in [0.15, 0.2) is 79.1 Å². The number of hydrogen-bond donors (Lipinski definition) is 0. The monoisotopic (exact) mass is 544 g/mol. The van der Waals surface area contributed by atoms with E-state index in [-0.39, 0.29) is 0 Å². The Labute approximate surface area is 231 Å². The zero-order valence-corrected chi connectivity index (χ0v) is 22.4. The highest BCUT2D eigenvalue weighted by atomic mass is 35.5. The van der Waals surface area contributed by atoms with Crippen molar-refractivity contribution < 1.29 is 4.74 Å². The predicted octanol–water partition coefficient (Wildman–Crippen LogP) is 6.12. The average molecular weight is 545 g/mol. The predicted molar refractivity (Wildman–Crippen MR) is 153 cm³/mol. The lowest BCUT2D eigenvalue weighted by atomic mass is 10.2. The van der Waals surface area contributed by atoms with E-state index >= 15 is 0 Å². The molecule has 0 N–H and O–H groups in total. The molecular weight excluding hydrogens is 519 g/mol. The number of imidazole rings is 1. The standard InChI is InChI=1S/C29H26Cl2N6O/c1-38-23-12-6-20(7-13-23)18-35-14-16-36(17-15-35)28-26-29(33-19-32-28)37(22-10-8-21(30)9-11-22)27(34-26)24-4-2-3-5-25(24)31/h2-13,19H,14-18H2,1H3. The third-order valence-electron chi connectivity index (χ3n) is 6.86. The highest BCUT2D eigenvalue weighted by Gasteiger charge is 2.25. The van der Waals surface area contributed by atoms with Crippen LogP contribution in [0.5, 0.6) is 5.75 Å². The normalized spacial score (nSPS) is 14.2. The minimum atomic E-state index is 0.625. The smallest absolute Gasteiger partial charge is 0.170 e. The number of anilines is 1. The minimum absolute atomic E-state index is 0.625. The van der Waals surface area contributed by atoms with Gasteiger partial charge < -0.3 is 9.64 Å². The third kappa shape index (κ3) is 4.80. The van der Waals surface area contributed by atoms with Crippen LogP contribution in [0, 0.1) is 0 Å². The molecule has 1 fully saturated rings. The average Bonchev–Trinajstić information content (AvgIpc) is 3.34. The number of halogens is 2. The van der Waals surface area contributed by atoms with Crippen LogP contribution in [-0.2, 0) is 6.54 Å². The zero-order valence-electron chi connectivity index (χ0n) is 20.9. The number of benzene rings is 3. The zero-order chi connectivity index (χ0) is 26.1. The lowest BCUT2D eigenvalue weighted by Crippen LogP contribution is -2.46. The molecule has 1 aliphatic heterocycles. The van der Waals surface area contributed by atoms with E-state index < -0.39 is 0 Å². The summed E-state index contributed by atoms with van der Waals surface area (Å²) in [7, 11) is 1.69. The lowest BCUT2D eigenvalue weighted by molar-refractivity contribution is 0.249. The van der Waals surface area contributed by atoms with Gasteiger partial charge in [0.1, 0.15) is 17.9 Å². The lowest BCUT2D eigenvalue weighted by Gasteiger charge is -2.35. The summed E-state index contributed by atoms with van der Waals surface area (Å²) in [5.41, 5.74) is 4.49. The Kier molecular flexibility index (Phi) is 6.89. The maximum Gasteiger partial charge on any atom is 0.170 e. The van der Waals surface area contributed by atoms with Crippen LogP contribution in [0.3, 0.4) is 0 Å².